The molecule has 0 aliphatic carbocycles. The molecular formula is C2H4CuS. The Labute approximate surface area is 35.8 Å². The van der Waals surface area contributed by atoms with Crippen LogP contribution < -0.4 is 0 Å². The van der Waals surface area contributed by atoms with Crippen LogP contribution in [0, 0.1) is 0 Å². The standard InChI is InChI=1S/C2H4.Cu.S/c1-2;;/h1H,2H3;;. The van der Waals surface area contributed by atoms with Gasteiger partial charge < -0.3 is 0 Å². The molecule has 0 amide bonds. The first-order chi connectivity index (χ1) is 1.91. The van der Waals surface area contributed by atoms with Gasteiger partial charge in [-0.2, -0.15) is 0 Å². The van der Waals surface area contributed by atoms with E-state index in [1.807, 2.05) is 11.8 Å². The summed E-state index contributed by atoms with van der Waals surface area (Å²) >= 11 is 1.38. The first-order valence-corrected chi connectivity index (χ1v) is 2.82. The Bertz CT molecular complexity index is 44.0. The molecule has 2 heteroatoms. The molecule has 0 unspecified atom stereocenters. The fourth-order valence-electron chi connectivity index (χ4n) is 0. The van der Waals surface area contributed by atoms with Gasteiger partial charge in [-0.25, -0.2) is 0 Å². The van der Waals surface area contributed by atoms with Crippen molar-refractivity contribution in [1.29, 1.82) is 0 Å². The van der Waals surface area contributed by atoms with Gasteiger partial charge in [-0.05, 0) is 0 Å². The zero-order valence-corrected chi connectivity index (χ0v) is 4.05. The molecule has 0 aromatic rings. The first kappa shape index (κ1) is 4.61. The molecule has 0 fully saturated rings. The molecular weight excluding hydrogens is 120 g/mol. The van der Waals surface area contributed by atoms with E-state index in [1.54, 1.807) is 0 Å². The molecule has 0 aliphatic rings. The van der Waals surface area contributed by atoms with Gasteiger partial charge in [0.2, 0.25) is 0 Å². The van der Waals surface area contributed by atoms with Gasteiger partial charge in [0.05, 0.1) is 0 Å². The second-order valence-corrected chi connectivity index (χ2v) is 1.60. The number of hydrogen-bond donors (Lipinski definition) is 0. The molecule has 0 heterocycles. The second-order valence-electron chi connectivity index (χ2n) is 0.245. The van der Waals surface area contributed by atoms with E-state index in [0.717, 1.165) is 0 Å². The molecule has 0 atom stereocenters. The van der Waals surface area contributed by atoms with E-state index >= 15 is 0 Å². The van der Waals surface area contributed by atoms with E-state index < -0.39 is 0 Å². The SMILES string of the molecule is C[CH]=[Cu]=[S]. The maximum atomic E-state index is 4.40. The minimum absolute atomic E-state index is 1.38. The van der Waals surface area contributed by atoms with Crippen molar-refractivity contribution in [2.75, 3.05) is 0 Å². The molecule has 0 aromatic carbocycles. The molecule has 0 aromatic heterocycles. The van der Waals surface area contributed by atoms with Crippen molar-refractivity contribution >= 4 is 15.5 Å². The van der Waals surface area contributed by atoms with Crippen molar-refractivity contribution < 1.29 is 12.9 Å². The number of rotatable bonds is 0. The Morgan fingerprint density at radius 1 is 2.00 bits per heavy atom. The zero-order valence-electron chi connectivity index (χ0n) is 2.29. The van der Waals surface area contributed by atoms with Crippen molar-refractivity contribution in [3.8, 4) is 0 Å². The summed E-state index contributed by atoms with van der Waals surface area (Å²) in [5.41, 5.74) is 0. The molecule has 0 saturated carbocycles. The van der Waals surface area contributed by atoms with Crippen molar-refractivity contribution in [3.63, 3.8) is 0 Å². The molecule has 0 aliphatic heterocycles. The molecule has 0 nitrogen and oxygen atoms in total. The molecule has 0 N–H and O–H groups in total. The minimum atomic E-state index is 1.38. The van der Waals surface area contributed by atoms with Crippen molar-refractivity contribution in [2.24, 2.45) is 0 Å². The van der Waals surface area contributed by atoms with E-state index in [2.05, 4.69) is 10.6 Å². The van der Waals surface area contributed by atoms with E-state index in [9.17, 15) is 0 Å². The summed E-state index contributed by atoms with van der Waals surface area (Å²) in [6.07, 6.45) is 0. The Kier molecular flexibility index (Phi) is 4.16. The van der Waals surface area contributed by atoms with Crippen LogP contribution >= 0.6 is 10.6 Å². The predicted molar refractivity (Wildman–Crippen MR) is 19.3 cm³/mol. The third kappa shape index (κ3) is 2.61. The zero-order chi connectivity index (χ0) is 3.41. The van der Waals surface area contributed by atoms with Crippen molar-refractivity contribution in [1.82, 2.24) is 0 Å². The molecule has 4 heavy (non-hydrogen) atoms. The Hall–Kier alpha value is 0.609. The molecule has 0 radical (unpaired) electrons. The summed E-state index contributed by atoms with van der Waals surface area (Å²) in [5, 5.41) is 0. The Balaban J connectivity index is 3.11. The van der Waals surface area contributed by atoms with Gasteiger partial charge in [-0.15, -0.1) is 0 Å². The summed E-state index contributed by atoms with van der Waals surface area (Å²) in [6, 6.07) is 0. The van der Waals surface area contributed by atoms with Crippen LogP contribution in [-0.4, -0.2) is 4.92 Å². The average Bonchev–Trinajstić information content (AvgIpc) is 1.37. The molecule has 0 spiro atoms. The van der Waals surface area contributed by atoms with E-state index in [1.165, 1.54) is 12.9 Å². The van der Waals surface area contributed by atoms with Gasteiger partial charge in [0.15, 0.2) is 0 Å². The predicted octanol–water partition coefficient (Wildman–Crippen LogP) is 1.00. The second kappa shape index (κ2) is 3.61. The third-order valence-electron chi connectivity index (χ3n) is 0.0711. The average molecular weight is 124 g/mol. The van der Waals surface area contributed by atoms with Gasteiger partial charge in [0.1, 0.15) is 0 Å². The Morgan fingerprint density at radius 2 is 2.25 bits per heavy atom. The van der Waals surface area contributed by atoms with Crippen LogP contribution in [0.3, 0.4) is 0 Å². The molecule has 29 valence electrons. The van der Waals surface area contributed by atoms with Crippen LogP contribution in [-0.2, 0) is 12.9 Å². The van der Waals surface area contributed by atoms with Gasteiger partial charge >= 0.3 is 35.3 Å². The molecule has 0 saturated heterocycles. The topological polar surface area (TPSA) is 0 Å². The van der Waals surface area contributed by atoms with Crippen LogP contribution in [0.5, 0.6) is 0 Å². The van der Waals surface area contributed by atoms with Crippen LogP contribution in [0.1, 0.15) is 6.92 Å². The quantitative estimate of drug-likeness (QED) is 0.434. The summed E-state index contributed by atoms with van der Waals surface area (Å²) in [4.78, 5) is 1.85. The van der Waals surface area contributed by atoms with Crippen LogP contribution in [0.2, 0.25) is 0 Å². The maximum absolute atomic E-state index is 4.40. The van der Waals surface area contributed by atoms with Gasteiger partial charge in [-0.1, -0.05) is 0 Å². The number of hydrogen-bond acceptors (Lipinski definition) is 1. The fraction of sp³-hybridized carbons (Fsp3) is 0.500. The van der Waals surface area contributed by atoms with Gasteiger partial charge in [-0.3, -0.25) is 0 Å². The summed E-state index contributed by atoms with van der Waals surface area (Å²) < 4.78 is 0. The first-order valence-electron chi connectivity index (χ1n) is 0.875. The fourth-order valence-corrected chi connectivity index (χ4v) is 0. The van der Waals surface area contributed by atoms with Crippen molar-refractivity contribution in [3.05, 3.63) is 0 Å². The summed E-state index contributed by atoms with van der Waals surface area (Å²) in [7, 11) is 4.40. The monoisotopic (exact) mass is 123 g/mol. The normalized spacial score (nSPS) is 7.25. The Morgan fingerprint density at radius 3 is 2.25 bits per heavy atom. The summed E-state index contributed by atoms with van der Waals surface area (Å²) in [6.45, 7) is 1.91. The van der Waals surface area contributed by atoms with E-state index in [0.29, 0.717) is 0 Å². The van der Waals surface area contributed by atoms with Crippen LogP contribution in [0.25, 0.3) is 0 Å². The summed E-state index contributed by atoms with van der Waals surface area (Å²) in [5.74, 6) is 0. The van der Waals surface area contributed by atoms with Gasteiger partial charge in [0.25, 0.3) is 0 Å². The van der Waals surface area contributed by atoms with Crippen LogP contribution in [0.4, 0.5) is 0 Å². The van der Waals surface area contributed by atoms with E-state index in [4.69, 9.17) is 0 Å². The van der Waals surface area contributed by atoms with Gasteiger partial charge in [0, 0.05) is 0 Å². The van der Waals surface area contributed by atoms with Crippen LogP contribution in [0.15, 0.2) is 0 Å². The molecule has 0 rings (SSSR count). The molecule has 0 bridgehead atoms. The third-order valence-corrected chi connectivity index (χ3v) is 0.879. The van der Waals surface area contributed by atoms with Crippen molar-refractivity contribution in [2.45, 2.75) is 6.92 Å². The van der Waals surface area contributed by atoms with E-state index in [-0.39, 0.29) is 0 Å².